The maximum atomic E-state index is 13.4. The van der Waals surface area contributed by atoms with Crippen molar-refractivity contribution in [2.75, 3.05) is 40.3 Å². The lowest BCUT2D eigenvalue weighted by atomic mass is 9.76. The van der Waals surface area contributed by atoms with E-state index in [1.165, 1.54) is 34.8 Å². The minimum Gasteiger partial charge on any atom is -0.389 e. The fourth-order valence-corrected chi connectivity index (χ4v) is 5.04. The van der Waals surface area contributed by atoms with Crippen LogP contribution in [0.25, 0.3) is 0 Å². The van der Waals surface area contributed by atoms with Crippen molar-refractivity contribution < 1.29 is 22.3 Å². The highest BCUT2D eigenvalue weighted by Crippen LogP contribution is 2.37. The van der Waals surface area contributed by atoms with Gasteiger partial charge in [0.15, 0.2) is 0 Å². The summed E-state index contributed by atoms with van der Waals surface area (Å²) in [5, 5.41) is 10.9. The second kappa shape index (κ2) is 7.12. The van der Waals surface area contributed by atoms with Crippen molar-refractivity contribution in [3.63, 3.8) is 0 Å². The first-order valence-electron chi connectivity index (χ1n) is 8.67. The van der Waals surface area contributed by atoms with Crippen LogP contribution >= 0.6 is 0 Å². The quantitative estimate of drug-likeness (QED) is 0.836. The molecule has 6 nitrogen and oxygen atoms in total. The SMILES string of the molecule is CN(C)S(=O)(=O)N1CC[C@]2(O)CCN(Cc3cc(F)cc(F)c3)C[C@@H]2C1. The van der Waals surface area contributed by atoms with Crippen LogP contribution in [0, 0.1) is 17.6 Å². The number of hydrogen-bond acceptors (Lipinski definition) is 4. The zero-order valence-electron chi connectivity index (χ0n) is 15.0. The van der Waals surface area contributed by atoms with Crippen LogP contribution in [0.15, 0.2) is 18.2 Å². The van der Waals surface area contributed by atoms with E-state index in [-0.39, 0.29) is 12.5 Å². The van der Waals surface area contributed by atoms with Crippen molar-refractivity contribution in [1.29, 1.82) is 0 Å². The molecule has 146 valence electrons. The van der Waals surface area contributed by atoms with Crippen LogP contribution in [-0.4, -0.2) is 72.9 Å². The number of hydrogen-bond donors (Lipinski definition) is 1. The molecule has 2 aliphatic heterocycles. The normalized spacial score (nSPS) is 28.3. The van der Waals surface area contributed by atoms with Gasteiger partial charge in [-0.15, -0.1) is 0 Å². The van der Waals surface area contributed by atoms with Crippen LogP contribution < -0.4 is 0 Å². The van der Waals surface area contributed by atoms with Crippen molar-refractivity contribution in [3.05, 3.63) is 35.4 Å². The minimum atomic E-state index is -3.53. The van der Waals surface area contributed by atoms with Gasteiger partial charge in [0.05, 0.1) is 5.60 Å². The maximum absolute atomic E-state index is 13.4. The Hall–Kier alpha value is -1.13. The van der Waals surface area contributed by atoms with Gasteiger partial charge < -0.3 is 5.11 Å². The zero-order chi connectivity index (χ0) is 19.1. The highest BCUT2D eigenvalue weighted by atomic mass is 32.2. The molecule has 9 heteroatoms. The van der Waals surface area contributed by atoms with E-state index in [9.17, 15) is 22.3 Å². The Kier molecular flexibility index (Phi) is 5.38. The van der Waals surface area contributed by atoms with Gasteiger partial charge >= 0.3 is 0 Å². The van der Waals surface area contributed by atoms with E-state index in [1.54, 1.807) is 0 Å². The lowest BCUT2D eigenvalue weighted by Crippen LogP contribution is -2.61. The number of halogens is 2. The summed E-state index contributed by atoms with van der Waals surface area (Å²) in [6.45, 7) is 1.98. The van der Waals surface area contributed by atoms with Gasteiger partial charge in [0.25, 0.3) is 10.2 Å². The van der Waals surface area contributed by atoms with Crippen LogP contribution in [0.2, 0.25) is 0 Å². The van der Waals surface area contributed by atoms with Gasteiger partial charge in [0, 0.05) is 58.8 Å². The predicted molar refractivity (Wildman–Crippen MR) is 93.5 cm³/mol. The third-order valence-electron chi connectivity index (χ3n) is 5.43. The van der Waals surface area contributed by atoms with E-state index in [1.807, 2.05) is 4.90 Å². The first-order valence-corrected chi connectivity index (χ1v) is 10.1. The summed E-state index contributed by atoms with van der Waals surface area (Å²) in [7, 11) is -0.551. The molecule has 1 aromatic rings. The molecule has 2 atom stereocenters. The number of aliphatic hydroxyl groups is 1. The van der Waals surface area contributed by atoms with Crippen LogP contribution in [0.5, 0.6) is 0 Å². The average molecular weight is 389 g/mol. The summed E-state index contributed by atoms with van der Waals surface area (Å²) in [6, 6.07) is 3.44. The summed E-state index contributed by atoms with van der Waals surface area (Å²) in [4.78, 5) is 2.01. The Labute approximate surface area is 153 Å². The van der Waals surface area contributed by atoms with E-state index >= 15 is 0 Å². The van der Waals surface area contributed by atoms with Gasteiger partial charge in [-0.2, -0.15) is 17.0 Å². The van der Waals surface area contributed by atoms with Crippen molar-refractivity contribution in [2.45, 2.75) is 25.0 Å². The maximum Gasteiger partial charge on any atom is 0.281 e. The fourth-order valence-electron chi connectivity index (χ4n) is 3.89. The van der Waals surface area contributed by atoms with Gasteiger partial charge in [0.1, 0.15) is 11.6 Å². The second-order valence-electron chi connectivity index (χ2n) is 7.46. The highest BCUT2D eigenvalue weighted by Gasteiger charge is 2.47. The summed E-state index contributed by atoms with van der Waals surface area (Å²) in [5.74, 6) is -1.47. The second-order valence-corrected chi connectivity index (χ2v) is 9.60. The molecule has 0 bridgehead atoms. The Morgan fingerprint density at radius 3 is 2.38 bits per heavy atom. The van der Waals surface area contributed by atoms with Crippen LogP contribution in [0.4, 0.5) is 8.78 Å². The molecule has 26 heavy (non-hydrogen) atoms. The molecular weight excluding hydrogens is 364 g/mol. The van der Waals surface area contributed by atoms with Crippen molar-refractivity contribution in [3.8, 4) is 0 Å². The molecule has 1 aromatic carbocycles. The Bertz CT molecular complexity index is 754. The molecular formula is C17H25F2N3O3S. The Balaban J connectivity index is 1.72. The van der Waals surface area contributed by atoms with Gasteiger partial charge in [-0.05, 0) is 30.5 Å². The topological polar surface area (TPSA) is 64.1 Å². The van der Waals surface area contributed by atoms with Crippen LogP contribution in [0.1, 0.15) is 18.4 Å². The standard InChI is InChI=1S/C17H25F2N3O3S/c1-20(2)26(24,25)22-6-4-17(23)3-5-21(11-14(17)12-22)10-13-7-15(18)9-16(19)8-13/h7-9,14,23H,3-6,10-12H2,1-2H3/t14-,17-/m1/s1. The van der Waals surface area contributed by atoms with E-state index in [2.05, 4.69) is 0 Å². The predicted octanol–water partition coefficient (Wildman–Crippen LogP) is 1.03. The molecule has 1 N–H and O–H groups in total. The summed E-state index contributed by atoms with van der Waals surface area (Å²) < 4.78 is 54.1. The molecule has 0 aromatic heterocycles. The third kappa shape index (κ3) is 3.91. The Morgan fingerprint density at radius 2 is 1.77 bits per heavy atom. The van der Waals surface area contributed by atoms with Gasteiger partial charge in [0.2, 0.25) is 0 Å². The molecule has 0 unspecified atom stereocenters. The molecule has 2 heterocycles. The van der Waals surface area contributed by atoms with E-state index in [0.717, 1.165) is 6.07 Å². The van der Waals surface area contributed by atoms with E-state index in [4.69, 9.17) is 0 Å². The van der Waals surface area contributed by atoms with Crippen LogP contribution in [0.3, 0.4) is 0 Å². The lowest BCUT2D eigenvalue weighted by Gasteiger charge is -2.50. The largest absolute Gasteiger partial charge is 0.389 e. The molecule has 0 radical (unpaired) electrons. The summed E-state index contributed by atoms with van der Waals surface area (Å²) >= 11 is 0. The third-order valence-corrected chi connectivity index (χ3v) is 7.34. The minimum absolute atomic E-state index is 0.238. The summed E-state index contributed by atoms with van der Waals surface area (Å²) in [5.41, 5.74) is -0.358. The first kappa shape index (κ1) is 19.6. The van der Waals surface area contributed by atoms with Gasteiger partial charge in [-0.1, -0.05) is 0 Å². The van der Waals surface area contributed by atoms with Crippen molar-refractivity contribution >= 4 is 10.2 Å². The van der Waals surface area contributed by atoms with E-state index < -0.39 is 27.4 Å². The number of fused-ring (bicyclic) bond motifs is 1. The van der Waals surface area contributed by atoms with Crippen molar-refractivity contribution in [1.82, 2.24) is 13.5 Å². The number of likely N-dealkylation sites (tertiary alicyclic amines) is 1. The van der Waals surface area contributed by atoms with Gasteiger partial charge in [-0.3, -0.25) is 4.90 Å². The molecule has 2 fully saturated rings. The number of piperidine rings is 2. The molecule has 0 saturated carbocycles. The van der Waals surface area contributed by atoms with E-state index in [0.29, 0.717) is 44.6 Å². The van der Waals surface area contributed by atoms with Gasteiger partial charge in [-0.25, -0.2) is 8.78 Å². The fraction of sp³-hybridized carbons (Fsp3) is 0.647. The molecule has 0 spiro atoms. The highest BCUT2D eigenvalue weighted by molar-refractivity contribution is 7.86. The molecule has 2 aliphatic rings. The number of nitrogens with zero attached hydrogens (tertiary/aromatic N) is 3. The monoisotopic (exact) mass is 389 g/mol. The lowest BCUT2D eigenvalue weighted by molar-refractivity contribution is -0.103. The zero-order valence-corrected chi connectivity index (χ0v) is 15.8. The summed E-state index contributed by atoms with van der Waals surface area (Å²) in [6.07, 6.45) is 0.915. The average Bonchev–Trinajstić information content (AvgIpc) is 2.53. The number of rotatable bonds is 4. The molecule has 3 rings (SSSR count). The van der Waals surface area contributed by atoms with Crippen molar-refractivity contribution in [2.24, 2.45) is 5.92 Å². The molecule has 0 aliphatic carbocycles. The first-order chi connectivity index (χ1) is 12.1. The smallest absolute Gasteiger partial charge is 0.281 e. The Morgan fingerprint density at radius 1 is 1.15 bits per heavy atom. The number of benzene rings is 1. The molecule has 2 saturated heterocycles. The molecule has 0 amide bonds. The van der Waals surface area contributed by atoms with Crippen LogP contribution in [-0.2, 0) is 16.8 Å².